The Labute approximate surface area is 155 Å². The Morgan fingerprint density at radius 3 is 2.12 bits per heavy atom. The van der Waals surface area contributed by atoms with E-state index in [1.165, 1.54) is 56.7 Å². The molecule has 0 aliphatic rings. The summed E-state index contributed by atoms with van der Waals surface area (Å²) in [5.41, 5.74) is 0. The Balaban J connectivity index is 2.06. The molecular formula is C21H29FO4. The van der Waals surface area contributed by atoms with Gasteiger partial charge in [-0.05, 0) is 18.6 Å². The molecule has 0 fully saturated rings. The molecule has 0 saturated heterocycles. The minimum atomic E-state index is -0.824. The summed E-state index contributed by atoms with van der Waals surface area (Å²) in [6, 6.07) is 5.57. The molecule has 0 saturated carbocycles. The second kappa shape index (κ2) is 14.0. The van der Waals surface area contributed by atoms with E-state index in [4.69, 9.17) is 9.47 Å². The van der Waals surface area contributed by atoms with Crippen LogP contribution in [-0.4, -0.2) is 18.5 Å². The van der Waals surface area contributed by atoms with Crippen molar-refractivity contribution in [1.29, 1.82) is 0 Å². The molecule has 1 rings (SSSR count). The number of esters is 2. The van der Waals surface area contributed by atoms with Crippen molar-refractivity contribution in [2.75, 3.05) is 6.61 Å². The molecule has 26 heavy (non-hydrogen) atoms. The van der Waals surface area contributed by atoms with Gasteiger partial charge in [0.1, 0.15) is 0 Å². The lowest BCUT2D eigenvalue weighted by Crippen LogP contribution is -2.08. The van der Waals surface area contributed by atoms with Crippen LogP contribution >= 0.6 is 0 Å². The van der Waals surface area contributed by atoms with E-state index in [9.17, 15) is 14.0 Å². The maximum Gasteiger partial charge on any atom is 0.336 e. The lowest BCUT2D eigenvalue weighted by molar-refractivity contribution is -0.138. The first-order valence-electron chi connectivity index (χ1n) is 9.44. The number of para-hydroxylation sites is 1. The number of benzene rings is 1. The van der Waals surface area contributed by atoms with Crippen molar-refractivity contribution in [3.63, 3.8) is 0 Å². The SMILES string of the molecule is CCCCCCCCCCCOC(=O)/C=C/C(=O)Oc1ccccc1F. The monoisotopic (exact) mass is 364 g/mol. The summed E-state index contributed by atoms with van der Waals surface area (Å²) in [5, 5.41) is 0. The van der Waals surface area contributed by atoms with Crippen molar-refractivity contribution in [2.24, 2.45) is 0 Å². The van der Waals surface area contributed by atoms with Crippen molar-refractivity contribution in [2.45, 2.75) is 64.7 Å². The number of rotatable bonds is 13. The molecule has 0 aliphatic heterocycles. The predicted octanol–water partition coefficient (Wildman–Crippen LogP) is 5.36. The third-order valence-corrected chi connectivity index (χ3v) is 3.89. The summed E-state index contributed by atoms with van der Waals surface area (Å²) in [5.74, 6) is -2.24. The topological polar surface area (TPSA) is 52.6 Å². The maximum absolute atomic E-state index is 13.3. The lowest BCUT2D eigenvalue weighted by atomic mass is 10.1. The van der Waals surface area contributed by atoms with Crippen LogP contribution in [0.1, 0.15) is 64.7 Å². The number of carbonyl (C=O) groups is 2. The number of hydrogen-bond acceptors (Lipinski definition) is 4. The van der Waals surface area contributed by atoms with E-state index in [-0.39, 0.29) is 5.75 Å². The van der Waals surface area contributed by atoms with Crippen LogP contribution in [0.15, 0.2) is 36.4 Å². The van der Waals surface area contributed by atoms with Gasteiger partial charge in [0, 0.05) is 12.2 Å². The van der Waals surface area contributed by atoms with Gasteiger partial charge >= 0.3 is 11.9 Å². The molecule has 0 amide bonds. The van der Waals surface area contributed by atoms with Crippen LogP contribution in [0.3, 0.4) is 0 Å². The highest BCUT2D eigenvalue weighted by molar-refractivity contribution is 5.92. The normalized spacial score (nSPS) is 10.8. The largest absolute Gasteiger partial charge is 0.463 e. The zero-order valence-electron chi connectivity index (χ0n) is 15.5. The highest BCUT2D eigenvalue weighted by atomic mass is 19.1. The van der Waals surface area contributed by atoms with Gasteiger partial charge in [0.15, 0.2) is 11.6 Å². The van der Waals surface area contributed by atoms with Gasteiger partial charge in [-0.3, -0.25) is 0 Å². The van der Waals surface area contributed by atoms with E-state index in [0.717, 1.165) is 31.4 Å². The first-order valence-corrected chi connectivity index (χ1v) is 9.44. The van der Waals surface area contributed by atoms with E-state index in [0.29, 0.717) is 6.61 Å². The Morgan fingerprint density at radius 1 is 0.885 bits per heavy atom. The first kappa shape index (κ1) is 21.9. The summed E-state index contributed by atoms with van der Waals surface area (Å²) in [7, 11) is 0. The molecular weight excluding hydrogens is 335 g/mol. The summed E-state index contributed by atoms with van der Waals surface area (Å²) in [4.78, 5) is 23.0. The van der Waals surface area contributed by atoms with Gasteiger partial charge in [0.2, 0.25) is 0 Å². The average molecular weight is 364 g/mol. The predicted molar refractivity (Wildman–Crippen MR) is 99.4 cm³/mol. The van der Waals surface area contributed by atoms with Gasteiger partial charge in [0.25, 0.3) is 0 Å². The standard InChI is InChI=1S/C21H29FO4/c1-2-3-4-5-6-7-8-9-12-17-25-20(23)15-16-21(24)26-19-14-11-10-13-18(19)22/h10-11,13-16H,2-9,12,17H2,1H3/b16-15+. The molecule has 0 atom stereocenters. The van der Waals surface area contributed by atoms with E-state index in [1.807, 2.05) is 0 Å². The van der Waals surface area contributed by atoms with Gasteiger partial charge in [-0.2, -0.15) is 0 Å². The third-order valence-electron chi connectivity index (χ3n) is 3.89. The number of halogens is 1. The molecule has 0 aromatic heterocycles. The maximum atomic E-state index is 13.3. The highest BCUT2D eigenvalue weighted by Crippen LogP contribution is 2.15. The minimum absolute atomic E-state index is 0.176. The third kappa shape index (κ3) is 10.6. The van der Waals surface area contributed by atoms with Crippen LogP contribution in [0.2, 0.25) is 0 Å². The van der Waals surface area contributed by atoms with Gasteiger partial charge in [0.05, 0.1) is 6.61 Å². The van der Waals surface area contributed by atoms with Crippen molar-refractivity contribution in [1.82, 2.24) is 0 Å². The van der Waals surface area contributed by atoms with Gasteiger partial charge in [-0.15, -0.1) is 0 Å². The second-order valence-electron chi connectivity index (χ2n) is 6.18. The Kier molecular flexibility index (Phi) is 11.8. The molecule has 0 bridgehead atoms. The van der Waals surface area contributed by atoms with Crippen molar-refractivity contribution >= 4 is 11.9 Å². The first-order chi connectivity index (χ1) is 12.6. The zero-order chi connectivity index (χ0) is 19.0. The Morgan fingerprint density at radius 2 is 1.46 bits per heavy atom. The summed E-state index contributed by atoms with van der Waals surface area (Å²) in [6.07, 6.45) is 12.6. The molecule has 1 aromatic carbocycles. The molecule has 1 aromatic rings. The number of carbonyl (C=O) groups excluding carboxylic acids is 2. The lowest BCUT2D eigenvalue weighted by Gasteiger charge is -2.03. The molecule has 0 radical (unpaired) electrons. The van der Waals surface area contributed by atoms with Crippen LogP contribution in [0.4, 0.5) is 4.39 Å². The van der Waals surface area contributed by atoms with Crippen LogP contribution in [-0.2, 0) is 14.3 Å². The summed E-state index contributed by atoms with van der Waals surface area (Å²) < 4.78 is 23.1. The molecule has 0 aliphatic carbocycles. The van der Waals surface area contributed by atoms with E-state index in [2.05, 4.69) is 6.92 Å². The fraction of sp³-hybridized carbons (Fsp3) is 0.524. The summed E-state index contributed by atoms with van der Waals surface area (Å²) in [6.45, 7) is 2.55. The summed E-state index contributed by atoms with van der Waals surface area (Å²) >= 11 is 0. The number of hydrogen-bond donors (Lipinski definition) is 0. The highest BCUT2D eigenvalue weighted by Gasteiger charge is 2.06. The quantitative estimate of drug-likeness (QED) is 0.205. The molecule has 4 nitrogen and oxygen atoms in total. The Hall–Kier alpha value is -2.17. The fourth-order valence-corrected chi connectivity index (χ4v) is 2.44. The van der Waals surface area contributed by atoms with E-state index < -0.39 is 17.8 Å². The molecule has 5 heteroatoms. The van der Waals surface area contributed by atoms with E-state index >= 15 is 0 Å². The molecule has 0 unspecified atom stereocenters. The molecule has 0 spiro atoms. The van der Waals surface area contributed by atoms with Crippen LogP contribution < -0.4 is 4.74 Å². The zero-order valence-corrected chi connectivity index (χ0v) is 15.5. The molecule has 144 valence electrons. The van der Waals surface area contributed by atoms with Crippen molar-refractivity contribution in [3.8, 4) is 5.75 Å². The van der Waals surface area contributed by atoms with E-state index in [1.54, 1.807) is 6.07 Å². The van der Waals surface area contributed by atoms with Gasteiger partial charge in [-0.1, -0.05) is 70.4 Å². The van der Waals surface area contributed by atoms with Crippen LogP contribution in [0.25, 0.3) is 0 Å². The average Bonchev–Trinajstić information content (AvgIpc) is 2.63. The van der Waals surface area contributed by atoms with Crippen molar-refractivity contribution < 1.29 is 23.5 Å². The number of ether oxygens (including phenoxy) is 2. The Bertz CT molecular complexity index is 569. The molecule has 0 heterocycles. The van der Waals surface area contributed by atoms with Crippen LogP contribution in [0, 0.1) is 5.82 Å². The van der Waals surface area contributed by atoms with Crippen molar-refractivity contribution in [3.05, 3.63) is 42.2 Å². The smallest absolute Gasteiger partial charge is 0.336 e. The molecule has 0 N–H and O–H groups in total. The van der Waals surface area contributed by atoms with Gasteiger partial charge < -0.3 is 9.47 Å². The number of unbranched alkanes of at least 4 members (excludes halogenated alkanes) is 8. The fourth-order valence-electron chi connectivity index (χ4n) is 2.44. The second-order valence-corrected chi connectivity index (χ2v) is 6.18. The van der Waals surface area contributed by atoms with Gasteiger partial charge in [-0.25, -0.2) is 14.0 Å². The minimum Gasteiger partial charge on any atom is -0.463 e. The van der Waals surface area contributed by atoms with Crippen LogP contribution in [0.5, 0.6) is 5.75 Å².